The van der Waals surface area contributed by atoms with E-state index in [2.05, 4.69) is 17.0 Å². The Morgan fingerprint density at radius 2 is 1.76 bits per heavy atom. The third kappa shape index (κ3) is 7.40. The summed E-state index contributed by atoms with van der Waals surface area (Å²) < 4.78 is 27.4. The Kier molecular flexibility index (Phi) is 9.15. The minimum absolute atomic E-state index is 0.418. The van der Waals surface area contributed by atoms with Crippen LogP contribution in [0.25, 0.3) is 0 Å². The Morgan fingerprint density at radius 1 is 1.05 bits per heavy atom. The third-order valence-electron chi connectivity index (χ3n) is 3.27. The van der Waals surface area contributed by atoms with Crippen molar-refractivity contribution in [2.45, 2.75) is 63.1 Å². The molecule has 0 saturated carbocycles. The van der Waals surface area contributed by atoms with Gasteiger partial charge >= 0.3 is 0 Å². The van der Waals surface area contributed by atoms with E-state index >= 15 is 0 Å². The van der Waals surface area contributed by atoms with Crippen LogP contribution in [0.3, 0.4) is 0 Å². The van der Waals surface area contributed by atoms with Crippen molar-refractivity contribution in [1.82, 2.24) is 10.0 Å². The molecule has 0 aromatic carbocycles. The fourth-order valence-electron chi connectivity index (χ4n) is 2.03. The zero-order chi connectivity index (χ0) is 15.6. The number of nitrogens with one attached hydrogen (secondary N) is 2. The summed E-state index contributed by atoms with van der Waals surface area (Å²) in [7, 11) is -3.32. The molecular weight excluding hydrogens is 304 g/mol. The molecule has 1 aromatic heterocycles. The van der Waals surface area contributed by atoms with Gasteiger partial charge in [0.15, 0.2) is 0 Å². The van der Waals surface area contributed by atoms with E-state index in [-0.39, 0.29) is 0 Å². The van der Waals surface area contributed by atoms with Gasteiger partial charge in [0.2, 0.25) is 10.0 Å². The second-order valence-electron chi connectivity index (χ2n) is 5.17. The lowest BCUT2D eigenvalue weighted by Gasteiger charge is -2.04. The average Bonchev–Trinajstić information content (AvgIpc) is 2.94. The maximum absolute atomic E-state index is 12.1. The molecule has 1 aromatic rings. The van der Waals surface area contributed by atoms with Gasteiger partial charge in [-0.05, 0) is 25.1 Å². The lowest BCUT2D eigenvalue weighted by Crippen LogP contribution is -2.23. The fourth-order valence-corrected chi connectivity index (χ4v) is 4.47. The van der Waals surface area contributed by atoms with Gasteiger partial charge in [0.05, 0.1) is 0 Å². The van der Waals surface area contributed by atoms with Crippen molar-refractivity contribution < 1.29 is 8.42 Å². The predicted octanol–water partition coefficient (Wildman–Crippen LogP) is 3.50. The molecule has 1 heterocycles. The van der Waals surface area contributed by atoms with Crippen LogP contribution in [0.15, 0.2) is 16.3 Å². The molecule has 4 nitrogen and oxygen atoms in total. The highest BCUT2D eigenvalue weighted by molar-refractivity contribution is 7.91. The summed E-state index contributed by atoms with van der Waals surface area (Å²) in [5.41, 5.74) is 0. The Bertz CT molecular complexity index is 484. The maximum atomic E-state index is 12.1. The zero-order valence-corrected chi connectivity index (χ0v) is 14.8. The SMILES string of the molecule is CCCCCCCCNS(=O)(=O)c1ccc(CNCC)s1. The summed E-state index contributed by atoms with van der Waals surface area (Å²) >= 11 is 1.34. The molecule has 0 aliphatic heterocycles. The fraction of sp³-hybridized carbons (Fsp3) is 0.733. The minimum atomic E-state index is -3.32. The molecule has 0 bridgehead atoms. The minimum Gasteiger partial charge on any atom is -0.312 e. The first kappa shape index (κ1) is 18.6. The number of thiophene rings is 1. The van der Waals surface area contributed by atoms with Crippen LogP contribution in [0.2, 0.25) is 0 Å². The van der Waals surface area contributed by atoms with E-state index in [1.807, 2.05) is 13.0 Å². The number of hydrogen-bond donors (Lipinski definition) is 2. The largest absolute Gasteiger partial charge is 0.312 e. The first-order valence-corrected chi connectivity index (χ1v) is 10.2. The van der Waals surface area contributed by atoms with Crippen LogP contribution in [0.1, 0.15) is 57.2 Å². The molecule has 1 rings (SSSR count). The van der Waals surface area contributed by atoms with Crippen LogP contribution in [0.4, 0.5) is 0 Å². The van der Waals surface area contributed by atoms with Crippen LogP contribution in [-0.2, 0) is 16.6 Å². The van der Waals surface area contributed by atoms with Crippen molar-refractivity contribution in [1.29, 1.82) is 0 Å². The van der Waals surface area contributed by atoms with Gasteiger partial charge in [0.25, 0.3) is 0 Å². The second kappa shape index (κ2) is 10.3. The molecule has 0 aliphatic carbocycles. The van der Waals surface area contributed by atoms with Crippen molar-refractivity contribution in [2.75, 3.05) is 13.1 Å². The van der Waals surface area contributed by atoms with Crippen LogP contribution in [-0.4, -0.2) is 21.5 Å². The smallest absolute Gasteiger partial charge is 0.250 e. The first-order chi connectivity index (χ1) is 10.1. The molecule has 2 N–H and O–H groups in total. The summed E-state index contributed by atoms with van der Waals surface area (Å²) in [6, 6.07) is 3.58. The Morgan fingerprint density at radius 3 is 2.48 bits per heavy atom. The van der Waals surface area contributed by atoms with Gasteiger partial charge in [-0.1, -0.05) is 46.0 Å². The van der Waals surface area contributed by atoms with Gasteiger partial charge in [-0.15, -0.1) is 11.3 Å². The summed E-state index contributed by atoms with van der Waals surface area (Å²) in [6.07, 6.45) is 6.97. The van der Waals surface area contributed by atoms with Crippen molar-refractivity contribution in [3.8, 4) is 0 Å². The molecule has 0 saturated heterocycles. The third-order valence-corrected chi connectivity index (χ3v) is 6.31. The molecule has 0 amide bonds. The average molecular weight is 333 g/mol. The number of rotatable bonds is 12. The van der Waals surface area contributed by atoms with Gasteiger partial charge < -0.3 is 5.32 Å². The van der Waals surface area contributed by atoms with Crippen LogP contribution >= 0.6 is 11.3 Å². The van der Waals surface area contributed by atoms with Gasteiger partial charge in [-0.3, -0.25) is 0 Å². The van der Waals surface area contributed by atoms with E-state index < -0.39 is 10.0 Å². The molecule has 122 valence electrons. The molecule has 6 heteroatoms. The Labute approximate surface area is 133 Å². The van der Waals surface area contributed by atoms with Crippen molar-refractivity contribution in [3.63, 3.8) is 0 Å². The predicted molar refractivity (Wildman–Crippen MR) is 90.3 cm³/mol. The zero-order valence-electron chi connectivity index (χ0n) is 13.2. The van der Waals surface area contributed by atoms with Crippen LogP contribution in [0.5, 0.6) is 0 Å². The topological polar surface area (TPSA) is 58.2 Å². The molecule has 0 fully saturated rings. The van der Waals surface area contributed by atoms with E-state index in [9.17, 15) is 8.42 Å². The Hall–Kier alpha value is -0.430. The van der Waals surface area contributed by atoms with Gasteiger partial charge in [0, 0.05) is 18.0 Å². The lowest BCUT2D eigenvalue weighted by molar-refractivity contribution is 0.569. The van der Waals surface area contributed by atoms with Crippen LogP contribution < -0.4 is 10.0 Å². The monoisotopic (exact) mass is 332 g/mol. The van der Waals surface area contributed by atoms with Gasteiger partial charge in [-0.2, -0.15) is 0 Å². The van der Waals surface area contributed by atoms with Crippen molar-refractivity contribution >= 4 is 21.4 Å². The van der Waals surface area contributed by atoms with E-state index in [1.165, 1.54) is 37.0 Å². The van der Waals surface area contributed by atoms with Crippen LogP contribution in [0, 0.1) is 0 Å². The Balaban J connectivity index is 2.31. The first-order valence-electron chi connectivity index (χ1n) is 7.89. The standard InChI is InChI=1S/C15H28N2O2S2/c1-3-5-6-7-8-9-12-17-21(18,19)15-11-10-14(20-15)13-16-4-2/h10-11,16-17H,3-9,12-13H2,1-2H3. The van der Waals surface area contributed by atoms with Gasteiger partial charge in [-0.25, -0.2) is 13.1 Å². The summed E-state index contributed by atoms with van der Waals surface area (Å²) in [5, 5.41) is 3.20. The molecule has 0 radical (unpaired) electrons. The normalized spacial score (nSPS) is 11.9. The highest BCUT2D eigenvalue weighted by Crippen LogP contribution is 2.21. The van der Waals surface area contributed by atoms with Crippen molar-refractivity contribution in [3.05, 3.63) is 17.0 Å². The lowest BCUT2D eigenvalue weighted by atomic mass is 10.1. The second-order valence-corrected chi connectivity index (χ2v) is 8.33. The summed E-state index contributed by atoms with van der Waals surface area (Å²) in [5.74, 6) is 0. The molecule has 21 heavy (non-hydrogen) atoms. The summed E-state index contributed by atoms with van der Waals surface area (Å²) in [6.45, 7) is 6.38. The summed E-state index contributed by atoms with van der Waals surface area (Å²) in [4.78, 5) is 1.05. The number of sulfonamides is 1. The highest BCUT2D eigenvalue weighted by Gasteiger charge is 2.15. The molecule has 0 atom stereocenters. The number of unbranched alkanes of at least 4 members (excludes halogenated alkanes) is 5. The number of hydrogen-bond acceptors (Lipinski definition) is 4. The van der Waals surface area contributed by atoms with Gasteiger partial charge in [0.1, 0.15) is 4.21 Å². The maximum Gasteiger partial charge on any atom is 0.250 e. The molecule has 0 spiro atoms. The quantitative estimate of drug-likeness (QED) is 0.576. The molecule has 0 unspecified atom stereocenters. The van der Waals surface area contributed by atoms with E-state index in [1.54, 1.807) is 6.07 Å². The molecular formula is C15H28N2O2S2. The molecule has 0 aliphatic rings. The van der Waals surface area contributed by atoms with E-state index in [4.69, 9.17) is 0 Å². The van der Waals surface area contributed by atoms with Crippen molar-refractivity contribution in [2.24, 2.45) is 0 Å². The van der Waals surface area contributed by atoms with E-state index in [0.717, 1.165) is 30.8 Å². The highest BCUT2D eigenvalue weighted by atomic mass is 32.2. The van der Waals surface area contributed by atoms with E-state index in [0.29, 0.717) is 10.8 Å².